The highest BCUT2D eigenvalue weighted by molar-refractivity contribution is 4.61. The van der Waals surface area contributed by atoms with Crippen LogP contribution in [0.1, 0.15) is 20.8 Å². The van der Waals surface area contributed by atoms with Gasteiger partial charge in [-0.3, -0.25) is 4.90 Å². The minimum Gasteiger partial charge on any atom is -0.395 e. The Bertz CT molecular complexity index is 96.5. The Morgan fingerprint density at radius 2 is 2.00 bits per heavy atom. The van der Waals surface area contributed by atoms with Crippen LogP contribution in [0, 0.1) is 0 Å². The van der Waals surface area contributed by atoms with Crippen LogP contribution in [0.15, 0.2) is 0 Å². The van der Waals surface area contributed by atoms with Crippen molar-refractivity contribution in [1.29, 1.82) is 0 Å². The maximum absolute atomic E-state index is 8.76. The van der Waals surface area contributed by atoms with Crippen molar-refractivity contribution in [2.45, 2.75) is 26.8 Å². The molecule has 0 unspecified atom stereocenters. The largest absolute Gasteiger partial charge is 0.395 e. The number of rotatable bonds is 7. The van der Waals surface area contributed by atoms with Crippen molar-refractivity contribution in [3.63, 3.8) is 0 Å². The van der Waals surface area contributed by atoms with E-state index in [-0.39, 0.29) is 6.61 Å². The Kier molecular flexibility index (Phi) is 7.45. The van der Waals surface area contributed by atoms with E-state index in [0.717, 1.165) is 26.3 Å². The highest BCUT2D eigenvalue weighted by atomic mass is 16.5. The fraction of sp³-hybridized carbons (Fsp3) is 1.00. The van der Waals surface area contributed by atoms with E-state index in [2.05, 4.69) is 18.7 Å². The average Bonchev–Trinajstić information content (AvgIpc) is 2.03. The standard InChI is InChI=1S/C9H21NO2/c1-4-12-8-6-10(5-7-11)9(2)3/h9,11H,4-8H2,1-3H3. The summed E-state index contributed by atoms with van der Waals surface area (Å²) in [6.45, 7) is 9.65. The Balaban J connectivity index is 3.49. The molecule has 0 heterocycles. The molecule has 0 aromatic rings. The molecule has 0 bridgehead atoms. The van der Waals surface area contributed by atoms with Crippen molar-refractivity contribution in [3.05, 3.63) is 0 Å². The summed E-state index contributed by atoms with van der Waals surface area (Å²) in [7, 11) is 0. The van der Waals surface area contributed by atoms with Crippen LogP contribution < -0.4 is 0 Å². The van der Waals surface area contributed by atoms with E-state index >= 15 is 0 Å². The normalized spacial score (nSPS) is 11.5. The van der Waals surface area contributed by atoms with Crippen molar-refractivity contribution in [1.82, 2.24) is 4.90 Å². The van der Waals surface area contributed by atoms with Crippen LogP contribution in [0.25, 0.3) is 0 Å². The smallest absolute Gasteiger partial charge is 0.0593 e. The predicted octanol–water partition coefficient (Wildman–Crippen LogP) is 0.726. The molecule has 0 aliphatic heterocycles. The molecule has 0 spiro atoms. The van der Waals surface area contributed by atoms with Gasteiger partial charge in [-0.05, 0) is 20.8 Å². The lowest BCUT2D eigenvalue weighted by atomic mass is 10.3. The molecule has 0 radical (unpaired) electrons. The highest BCUT2D eigenvalue weighted by Gasteiger charge is 2.07. The first kappa shape index (κ1) is 11.9. The first-order valence-corrected chi connectivity index (χ1v) is 4.65. The van der Waals surface area contributed by atoms with Gasteiger partial charge in [-0.2, -0.15) is 0 Å². The van der Waals surface area contributed by atoms with Crippen molar-refractivity contribution < 1.29 is 9.84 Å². The minimum absolute atomic E-state index is 0.226. The van der Waals surface area contributed by atoms with Gasteiger partial charge >= 0.3 is 0 Å². The molecule has 0 fully saturated rings. The summed E-state index contributed by atoms with van der Waals surface area (Å²) in [4.78, 5) is 2.20. The second kappa shape index (κ2) is 7.53. The molecule has 3 heteroatoms. The molecule has 0 aliphatic rings. The molecular weight excluding hydrogens is 154 g/mol. The number of aliphatic hydroxyl groups is 1. The zero-order chi connectivity index (χ0) is 9.40. The lowest BCUT2D eigenvalue weighted by Gasteiger charge is -2.25. The predicted molar refractivity (Wildman–Crippen MR) is 50.3 cm³/mol. The summed E-state index contributed by atoms with van der Waals surface area (Å²) >= 11 is 0. The fourth-order valence-corrected chi connectivity index (χ4v) is 1.08. The Morgan fingerprint density at radius 1 is 1.33 bits per heavy atom. The van der Waals surface area contributed by atoms with Gasteiger partial charge in [0.25, 0.3) is 0 Å². The number of hydrogen-bond acceptors (Lipinski definition) is 3. The van der Waals surface area contributed by atoms with Gasteiger partial charge in [-0.1, -0.05) is 0 Å². The van der Waals surface area contributed by atoms with Crippen LogP contribution in [0.5, 0.6) is 0 Å². The Hall–Kier alpha value is -0.120. The quantitative estimate of drug-likeness (QED) is 0.579. The summed E-state index contributed by atoms with van der Waals surface area (Å²) in [5.41, 5.74) is 0. The molecule has 0 aromatic heterocycles. The van der Waals surface area contributed by atoms with Gasteiger partial charge in [0, 0.05) is 25.7 Å². The second-order valence-corrected chi connectivity index (χ2v) is 3.05. The molecule has 1 N–H and O–H groups in total. The third-order valence-electron chi connectivity index (χ3n) is 1.84. The molecule has 0 aromatic carbocycles. The molecular formula is C9H21NO2. The van der Waals surface area contributed by atoms with Gasteiger partial charge < -0.3 is 9.84 Å². The zero-order valence-corrected chi connectivity index (χ0v) is 8.42. The van der Waals surface area contributed by atoms with E-state index in [4.69, 9.17) is 9.84 Å². The first-order chi connectivity index (χ1) is 5.72. The van der Waals surface area contributed by atoms with Gasteiger partial charge in [-0.15, -0.1) is 0 Å². The molecule has 74 valence electrons. The van der Waals surface area contributed by atoms with Crippen molar-refractivity contribution >= 4 is 0 Å². The van der Waals surface area contributed by atoms with E-state index in [9.17, 15) is 0 Å². The van der Waals surface area contributed by atoms with E-state index < -0.39 is 0 Å². The van der Waals surface area contributed by atoms with Crippen LogP contribution in [0.2, 0.25) is 0 Å². The van der Waals surface area contributed by atoms with Crippen LogP contribution in [0.3, 0.4) is 0 Å². The lowest BCUT2D eigenvalue weighted by Crippen LogP contribution is -2.36. The molecule has 0 saturated carbocycles. The maximum Gasteiger partial charge on any atom is 0.0593 e. The van der Waals surface area contributed by atoms with E-state index in [0.29, 0.717) is 6.04 Å². The third kappa shape index (κ3) is 5.52. The summed E-state index contributed by atoms with van der Waals surface area (Å²) in [5.74, 6) is 0. The maximum atomic E-state index is 8.76. The fourth-order valence-electron chi connectivity index (χ4n) is 1.08. The SMILES string of the molecule is CCOCCN(CCO)C(C)C. The van der Waals surface area contributed by atoms with Gasteiger partial charge in [0.1, 0.15) is 0 Å². The topological polar surface area (TPSA) is 32.7 Å². The van der Waals surface area contributed by atoms with Crippen LogP contribution in [-0.4, -0.2) is 49.0 Å². The number of ether oxygens (including phenoxy) is 1. The highest BCUT2D eigenvalue weighted by Crippen LogP contribution is 1.96. The number of hydrogen-bond donors (Lipinski definition) is 1. The van der Waals surface area contributed by atoms with Crippen molar-refractivity contribution in [2.24, 2.45) is 0 Å². The first-order valence-electron chi connectivity index (χ1n) is 4.65. The van der Waals surface area contributed by atoms with E-state index in [1.165, 1.54) is 0 Å². The van der Waals surface area contributed by atoms with E-state index in [1.807, 2.05) is 6.92 Å². The average molecular weight is 175 g/mol. The molecule has 0 aliphatic carbocycles. The number of nitrogens with zero attached hydrogens (tertiary/aromatic N) is 1. The minimum atomic E-state index is 0.226. The van der Waals surface area contributed by atoms with Gasteiger partial charge in [0.05, 0.1) is 13.2 Å². The molecule has 0 amide bonds. The van der Waals surface area contributed by atoms with Crippen LogP contribution in [-0.2, 0) is 4.74 Å². The Labute approximate surface area is 75.3 Å². The lowest BCUT2D eigenvalue weighted by molar-refractivity contribution is 0.0898. The summed E-state index contributed by atoms with van der Waals surface area (Å²) in [6.07, 6.45) is 0. The summed E-state index contributed by atoms with van der Waals surface area (Å²) in [5, 5.41) is 8.76. The summed E-state index contributed by atoms with van der Waals surface area (Å²) in [6, 6.07) is 0.484. The molecule has 12 heavy (non-hydrogen) atoms. The zero-order valence-electron chi connectivity index (χ0n) is 8.42. The Morgan fingerprint density at radius 3 is 2.42 bits per heavy atom. The van der Waals surface area contributed by atoms with Crippen molar-refractivity contribution in [3.8, 4) is 0 Å². The molecule has 0 atom stereocenters. The second-order valence-electron chi connectivity index (χ2n) is 3.05. The monoisotopic (exact) mass is 175 g/mol. The summed E-state index contributed by atoms with van der Waals surface area (Å²) < 4.78 is 5.24. The van der Waals surface area contributed by atoms with Gasteiger partial charge in [0.2, 0.25) is 0 Å². The van der Waals surface area contributed by atoms with Crippen LogP contribution >= 0.6 is 0 Å². The third-order valence-corrected chi connectivity index (χ3v) is 1.84. The van der Waals surface area contributed by atoms with Gasteiger partial charge in [0.15, 0.2) is 0 Å². The molecule has 0 rings (SSSR count). The van der Waals surface area contributed by atoms with Crippen LogP contribution in [0.4, 0.5) is 0 Å². The molecule has 0 saturated heterocycles. The molecule has 3 nitrogen and oxygen atoms in total. The van der Waals surface area contributed by atoms with Crippen molar-refractivity contribution in [2.75, 3.05) is 32.9 Å². The van der Waals surface area contributed by atoms with Gasteiger partial charge in [-0.25, -0.2) is 0 Å². The number of aliphatic hydroxyl groups excluding tert-OH is 1. The van der Waals surface area contributed by atoms with E-state index in [1.54, 1.807) is 0 Å².